The third-order valence-electron chi connectivity index (χ3n) is 2.58. The standard InChI is InChI=1S/C12H20N2/c1-12(2,3)11(13)7-6-10-5-4-8-14-9-10/h4-5,8-9,11H,6-7,13H2,1-3H3. The molecule has 1 unspecified atom stereocenters. The molecule has 14 heavy (non-hydrogen) atoms. The maximum Gasteiger partial charge on any atom is 0.0299 e. The SMILES string of the molecule is CC(C)(C)C(N)CCc1cccnc1. The summed E-state index contributed by atoms with van der Waals surface area (Å²) < 4.78 is 0. The van der Waals surface area contributed by atoms with Crippen LogP contribution >= 0.6 is 0 Å². The molecule has 0 bridgehead atoms. The Balaban J connectivity index is 2.42. The molecule has 0 aliphatic heterocycles. The molecule has 0 radical (unpaired) electrons. The molecule has 1 aromatic heterocycles. The number of hydrogen-bond donors (Lipinski definition) is 1. The fourth-order valence-corrected chi connectivity index (χ4v) is 1.30. The molecule has 0 aliphatic carbocycles. The highest BCUT2D eigenvalue weighted by Crippen LogP contribution is 2.20. The number of pyridine rings is 1. The van der Waals surface area contributed by atoms with E-state index in [-0.39, 0.29) is 11.5 Å². The normalized spacial score (nSPS) is 14.0. The van der Waals surface area contributed by atoms with Gasteiger partial charge in [-0.2, -0.15) is 0 Å². The highest BCUT2D eigenvalue weighted by molar-refractivity contribution is 5.08. The first kappa shape index (κ1) is 11.2. The van der Waals surface area contributed by atoms with Gasteiger partial charge in [0.1, 0.15) is 0 Å². The van der Waals surface area contributed by atoms with Crippen molar-refractivity contribution >= 4 is 0 Å². The lowest BCUT2D eigenvalue weighted by Crippen LogP contribution is -2.35. The van der Waals surface area contributed by atoms with E-state index in [4.69, 9.17) is 5.73 Å². The topological polar surface area (TPSA) is 38.9 Å². The predicted octanol–water partition coefficient (Wildman–Crippen LogP) is 2.39. The van der Waals surface area contributed by atoms with Crippen molar-refractivity contribution in [1.82, 2.24) is 4.98 Å². The largest absolute Gasteiger partial charge is 0.327 e. The maximum absolute atomic E-state index is 6.08. The van der Waals surface area contributed by atoms with Crippen molar-refractivity contribution in [2.24, 2.45) is 11.1 Å². The second-order valence-electron chi connectivity index (χ2n) is 4.87. The van der Waals surface area contributed by atoms with E-state index in [2.05, 4.69) is 31.8 Å². The molecule has 0 aromatic carbocycles. The van der Waals surface area contributed by atoms with Crippen LogP contribution in [0.25, 0.3) is 0 Å². The van der Waals surface area contributed by atoms with Crippen LogP contribution < -0.4 is 5.73 Å². The molecular weight excluding hydrogens is 172 g/mol. The van der Waals surface area contributed by atoms with E-state index in [1.165, 1.54) is 5.56 Å². The minimum absolute atomic E-state index is 0.197. The fourth-order valence-electron chi connectivity index (χ4n) is 1.30. The molecule has 2 N–H and O–H groups in total. The second kappa shape index (κ2) is 4.56. The van der Waals surface area contributed by atoms with Crippen LogP contribution in [-0.2, 0) is 6.42 Å². The Kier molecular flexibility index (Phi) is 3.64. The van der Waals surface area contributed by atoms with Gasteiger partial charge in [-0.3, -0.25) is 4.98 Å². The summed E-state index contributed by atoms with van der Waals surface area (Å²) in [6, 6.07) is 4.32. The Morgan fingerprint density at radius 3 is 2.64 bits per heavy atom. The lowest BCUT2D eigenvalue weighted by atomic mass is 9.84. The molecule has 1 aromatic rings. The van der Waals surface area contributed by atoms with E-state index in [1.54, 1.807) is 6.20 Å². The number of nitrogens with zero attached hydrogens (tertiary/aromatic N) is 1. The molecule has 1 rings (SSSR count). The van der Waals surface area contributed by atoms with Crippen LogP contribution in [0.1, 0.15) is 32.8 Å². The molecule has 78 valence electrons. The average Bonchev–Trinajstić information content (AvgIpc) is 2.14. The Bertz CT molecular complexity index is 261. The zero-order valence-electron chi connectivity index (χ0n) is 9.33. The minimum atomic E-state index is 0.197. The molecule has 0 saturated heterocycles. The Morgan fingerprint density at radius 2 is 2.14 bits per heavy atom. The maximum atomic E-state index is 6.08. The summed E-state index contributed by atoms with van der Waals surface area (Å²) in [4.78, 5) is 4.08. The second-order valence-corrected chi connectivity index (χ2v) is 4.87. The summed E-state index contributed by atoms with van der Waals surface area (Å²) in [5.74, 6) is 0. The van der Waals surface area contributed by atoms with Crippen molar-refractivity contribution in [2.45, 2.75) is 39.7 Å². The van der Waals surface area contributed by atoms with Crippen molar-refractivity contribution in [1.29, 1.82) is 0 Å². The summed E-state index contributed by atoms with van der Waals surface area (Å²) in [5.41, 5.74) is 7.55. The van der Waals surface area contributed by atoms with E-state index < -0.39 is 0 Å². The molecule has 2 nitrogen and oxygen atoms in total. The van der Waals surface area contributed by atoms with E-state index in [0.717, 1.165) is 12.8 Å². The fraction of sp³-hybridized carbons (Fsp3) is 0.583. The predicted molar refractivity (Wildman–Crippen MR) is 60.0 cm³/mol. The molecule has 0 fully saturated rings. The highest BCUT2D eigenvalue weighted by Gasteiger charge is 2.19. The van der Waals surface area contributed by atoms with Crippen molar-refractivity contribution in [3.63, 3.8) is 0 Å². The van der Waals surface area contributed by atoms with E-state index in [1.807, 2.05) is 12.3 Å². The van der Waals surface area contributed by atoms with Crippen molar-refractivity contribution < 1.29 is 0 Å². The summed E-state index contributed by atoms with van der Waals surface area (Å²) >= 11 is 0. The minimum Gasteiger partial charge on any atom is -0.327 e. The first-order chi connectivity index (χ1) is 6.50. The molecule has 0 spiro atoms. The lowest BCUT2D eigenvalue weighted by Gasteiger charge is -2.26. The van der Waals surface area contributed by atoms with Gasteiger partial charge in [-0.1, -0.05) is 26.8 Å². The van der Waals surface area contributed by atoms with Gasteiger partial charge in [0.25, 0.3) is 0 Å². The number of nitrogens with two attached hydrogens (primary N) is 1. The van der Waals surface area contributed by atoms with Crippen molar-refractivity contribution in [3.05, 3.63) is 30.1 Å². The zero-order valence-corrected chi connectivity index (χ0v) is 9.33. The average molecular weight is 192 g/mol. The van der Waals surface area contributed by atoms with Gasteiger partial charge in [0.2, 0.25) is 0 Å². The molecule has 0 amide bonds. The first-order valence-corrected chi connectivity index (χ1v) is 5.14. The number of hydrogen-bond acceptors (Lipinski definition) is 2. The van der Waals surface area contributed by atoms with Gasteiger partial charge in [0.15, 0.2) is 0 Å². The smallest absolute Gasteiger partial charge is 0.0299 e. The summed E-state index contributed by atoms with van der Waals surface area (Å²) in [6.07, 6.45) is 5.75. The lowest BCUT2D eigenvalue weighted by molar-refractivity contribution is 0.306. The van der Waals surface area contributed by atoms with Crippen LogP contribution in [0.5, 0.6) is 0 Å². The van der Waals surface area contributed by atoms with E-state index in [9.17, 15) is 0 Å². The summed E-state index contributed by atoms with van der Waals surface area (Å²) in [7, 11) is 0. The van der Waals surface area contributed by atoms with Gasteiger partial charge < -0.3 is 5.73 Å². The quantitative estimate of drug-likeness (QED) is 0.798. The summed E-state index contributed by atoms with van der Waals surface area (Å²) in [6.45, 7) is 6.54. The van der Waals surface area contributed by atoms with E-state index in [0.29, 0.717) is 0 Å². The third kappa shape index (κ3) is 3.46. The Morgan fingerprint density at radius 1 is 1.43 bits per heavy atom. The monoisotopic (exact) mass is 192 g/mol. The van der Waals surface area contributed by atoms with Crippen molar-refractivity contribution in [3.8, 4) is 0 Å². The van der Waals surface area contributed by atoms with Gasteiger partial charge in [-0.05, 0) is 29.9 Å². The van der Waals surface area contributed by atoms with Crippen LogP contribution in [0.4, 0.5) is 0 Å². The van der Waals surface area contributed by atoms with Crippen LogP contribution in [-0.4, -0.2) is 11.0 Å². The number of rotatable bonds is 3. The van der Waals surface area contributed by atoms with E-state index >= 15 is 0 Å². The molecule has 2 heteroatoms. The number of aryl methyl sites for hydroxylation is 1. The molecular formula is C12H20N2. The number of aromatic nitrogens is 1. The highest BCUT2D eigenvalue weighted by atomic mass is 14.7. The van der Waals surface area contributed by atoms with Gasteiger partial charge in [0, 0.05) is 18.4 Å². The summed E-state index contributed by atoms with van der Waals surface area (Å²) in [5, 5.41) is 0. The van der Waals surface area contributed by atoms with Gasteiger partial charge in [0.05, 0.1) is 0 Å². The third-order valence-corrected chi connectivity index (χ3v) is 2.58. The van der Waals surface area contributed by atoms with Gasteiger partial charge in [-0.15, -0.1) is 0 Å². The molecule has 0 aliphatic rings. The van der Waals surface area contributed by atoms with Gasteiger partial charge in [-0.25, -0.2) is 0 Å². The first-order valence-electron chi connectivity index (χ1n) is 5.14. The molecule has 0 saturated carbocycles. The molecule has 1 atom stereocenters. The molecule has 1 heterocycles. The van der Waals surface area contributed by atoms with Gasteiger partial charge >= 0.3 is 0 Å². The van der Waals surface area contributed by atoms with Crippen molar-refractivity contribution in [2.75, 3.05) is 0 Å². The van der Waals surface area contributed by atoms with Crippen LogP contribution in [0.2, 0.25) is 0 Å². The Hall–Kier alpha value is -0.890. The van der Waals surface area contributed by atoms with Crippen LogP contribution in [0, 0.1) is 5.41 Å². The van der Waals surface area contributed by atoms with Crippen LogP contribution in [0.15, 0.2) is 24.5 Å². The zero-order chi connectivity index (χ0) is 10.6. The Labute approximate surface area is 86.5 Å². The van der Waals surface area contributed by atoms with Crippen LogP contribution in [0.3, 0.4) is 0 Å².